The number of amides is 1. The zero-order valence-electron chi connectivity index (χ0n) is 17.1. The van der Waals surface area contributed by atoms with Crippen LogP contribution in [-0.4, -0.2) is 30.1 Å². The highest BCUT2D eigenvalue weighted by atomic mass is 19.1. The molecule has 0 radical (unpaired) electrons. The molecule has 1 fully saturated rings. The van der Waals surface area contributed by atoms with Crippen molar-refractivity contribution in [1.29, 1.82) is 0 Å². The average Bonchev–Trinajstić information content (AvgIpc) is 2.77. The van der Waals surface area contributed by atoms with Crippen LogP contribution in [0.1, 0.15) is 31.7 Å². The van der Waals surface area contributed by atoms with Gasteiger partial charge in [-0.25, -0.2) is 9.37 Å². The summed E-state index contributed by atoms with van der Waals surface area (Å²) in [4.78, 5) is 19.4. The smallest absolute Gasteiger partial charge is 0.258 e. The first-order valence-electron chi connectivity index (χ1n) is 10.4. The van der Waals surface area contributed by atoms with Gasteiger partial charge in [-0.3, -0.25) is 4.79 Å². The monoisotopic (exact) mass is 407 g/mol. The number of piperidine rings is 1. The molecular formula is C24H26FN3O2. The number of aromatic nitrogens is 1. The van der Waals surface area contributed by atoms with Gasteiger partial charge in [-0.05, 0) is 62.1 Å². The van der Waals surface area contributed by atoms with Crippen LogP contribution >= 0.6 is 0 Å². The van der Waals surface area contributed by atoms with E-state index in [0.29, 0.717) is 18.3 Å². The first-order valence-corrected chi connectivity index (χ1v) is 10.4. The van der Waals surface area contributed by atoms with E-state index in [9.17, 15) is 9.18 Å². The Morgan fingerprint density at radius 2 is 2.00 bits per heavy atom. The Labute approximate surface area is 175 Å². The number of pyridine rings is 1. The molecule has 1 unspecified atom stereocenters. The van der Waals surface area contributed by atoms with E-state index < -0.39 is 0 Å². The molecule has 0 saturated carbocycles. The molecule has 5 nitrogen and oxygen atoms in total. The minimum absolute atomic E-state index is 0.105. The van der Waals surface area contributed by atoms with Crippen LogP contribution < -0.4 is 15.0 Å². The third-order valence-corrected chi connectivity index (χ3v) is 5.53. The summed E-state index contributed by atoms with van der Waals surface area (Å²) >= 11 is 0. The van der Waals surface area contributed by atoms with Crippen LogP contribution in [0.25, 0.3) is 10.9 Å². The van der Waals surface area contributed by atoms with Gasteiger partial charge in [-0.1, -0.05) is 24.3 Å². The van der Waals surface area contributed by atoms with Crippen molar-refractivity contribution in [1.82, 2.24) is 10.3 Å². The largest absolute Gasteiger partial charge is 0.481 e. The van der Waals surface area contributed by atoms with E-state index in [2.05, 4.69) is 29.3 Å². The highest BCUT2D eigenvalue weighted by Gasteiger charge is 2.20. The topological polar surface area (TPSA) is 54.5 Å². The summed E-state index contributed by atoms with van der Waals surface area (Å²) in [6, 6.07) is 16.4. The maximum absolute atomic E-state index is 13.0. The van der Waals surface area contributed by atoms with Crippen molar-refractivity contribution in [3.63, 3.8) is 0 Å². The van der Waals surface area contributed by atoms with Gasteiger partial charge in [0.15, 0.2) is 6.61 Å². The molecule has 1 aliphatic heterocycles. The van der Waals surface area contributed by atoms with Crippen molar-refractivity contribution < 1.29 is 13.9 Å². The molecule has 1 N–H and O–H groups in total. The van der Waals surface area contributed by atoms with Crippen LogP contribution in [0, 0.1) is 5.82 Å². The first-order chi connectivity index (χ1) is 14.6. The van der Waals surface area contributed by atoms with Crippen LogP contribution in [0.4, 0.5) is 10.2 Å². The predicted octanol–water partition coefficient (Wildman–Crippen LogP) is 4.45. The van der Waals surface area contributed by atoms with Gasteiger partial charge in [-0.15, -0.1) is 0 Å². The van der Waals surface area contributed by atoms with E-state index in [1.807, 2.05) is 18.2 Å². The summed E-state index contributed by atoms with van der Waals surface area (Å²) in [6.45, 7) is 3.47. The van der Waals surface area contributed by atoms with E-state index in [-0.39, 0.29) is 18.3 Å². The van der Waals surface area contributed by atoms with Gasteiger partial charge in [0.25, 0.3) is 5.91 Å². The van der Waals surface area contributed by atoms with Crippen LogP contribution in [0.3, 0.4) is 0 Å². The molecule has 0 aliphatic carbocycles. The van der Waals surface area contributed by atoms with Crippen molar-refractivity contribution in [2.45, 2.75) is 38.8 Å². The number of hydrogen-bond acceptors (Lipinski definition) is 4. The molecule has 3 aromatic rings. The van der Waals surface area contributed by atoms with Crippen molar-refractivity contribution in [3.05, 3.63) is 66.0 Å². The minimum atomic E-state index is -0.296. The van der Waals surface area contributed by atoms with Crippen LogP contribution in [0.15, 0.2) is 54.6 Å². The summed E-state index contributed by atoms with van der Waals surface area (Å²) in [6.07, 6.45) is 3.61. The van der Waals surface area contributed by atoms with Gasteiger partial charge < -0.3 is 15.0 Å². The van der Waals surface area contributed by atoms with Crippen molar-refractivity contribution in [2.75, 3.05) is 18.1 Å². The highest BCUT2D eigenvalue weighted by molar-refractivity contribution is 5.86. The summed E-state index contributed by atoms with van der Waals surface area (Å²) in [5, 5.41) is 3.77. The van der Waals surface area contributed by atoms with Gasteiger partial charge >= 0.3 is 0 Å². The number of para-hydroxylation sites is 1. The Morgan fingerprint density at radius 1 is 1.17 bits per heavy atom. The molecule has 0 spiro atoms. The second-order valence-corrected chi connectivity index (χ2v) is 7.73. The molecule has 6 heteroatoms. The zero-order valence-corrected chi connectivity index (χ0v) is 17.1. The molecule has 2 heterocycles. The number of nitrogens with one attached hydrogen (secondary N) is 1. The Kier molecular flexibility index (Phi) is 6.12. The number of ether oxygens (including phenoxy) is 1. The average molecular weight is 407 g/mol. The van der Waals surface area contributed by atoms with Crippen LogP contribution in [0.5, 0.6) is 5.75 Å². The summed E-state index contributed by atoms with van der Waals surface area (Å²) in [7, 11) is 0. The fourth-order valence-electron chi connectivity index (χ4n) is 3.82. The zero-order chi connectivity index (χ0) is 20.9. The Morgan fingerprint density at radius 3 is 2.80 bits per heavy atom. The lowest BCUT2D eigenvalue weighted by molar-refractivity contribution is -0.123. The first kappa shape index (κ1) is 20.1. The number of halogens is 1. The Bertz CT molecular complexity index is 1020. The van der Waals surface area contributed by atoms with Crippen LogP contribution in [-0.2, 0) is 11.3 Å². The van der Waals surface area contributed by atoms with Crippen molar-refractivity contribution in [2.24, 2.45) is 0 Å². The molecule has 4 rings (SSSR count). The molecule has 2 aromatic carbocycles. The van der Waals surface area contributed by atoms with Gasteiger partial charge in [0.1, 0.15) is 22.9 Å². The fraction of sp³-hybridized carbons (Fsp3) is 0.333. The predicted molar refractivity (Wildman–Crippen MR) is 116 cm³/mol. The normalized spacial score (nSPS) is 16.5. The maximum atomic E-state index is 13.0. The second kappa shape index (κ2) is 9.11. The lowest BCUT2D eigenvalue weighted by Gasteiger charge is -2.34. The van der Waals surface area contributed by atoms with E-state index in [4.69, 9.17) is 9.72 Å². The highest BCUT2D eigenvalue weighted by Crippen LogP contribution is 2.29. The third kappa shape index (κ3) is 4.70. The fourth-order valence-corrected chi connectivity index (χ4v) is 3.82. The number of carbonyl (C=O) groups is 1. The number of rotatable bonds is 6. The molecule has 1 aliphatic rings. The molecule has 0 bridgehead atoms. The van der Waals surface area contributed by atoms with E-state index in [1.54, 1.807) is 12.1 Å². The summed E-state index contributed by atoms with van der Waals surface area (Å²) < 4.78 is 18.8. The minimum Gasteiger partial charge on any atom is -0.481 e. The number of fused-ring (bicyclic) bond motifs is 1. The quantitative estimate of drug-likeness (QED) is 0.656. The molecule has 1 amide bonds. The molecule has 1 atom stereocenters. The molecule has 1 saturated heterocycles. The standard InChI is InChI=1S/C24H26FN3O2/c1-17-5-2-3-14-28(17)22-13-10-19-6-4-7-21(24(19)27-22)30-16-23(29)26-15-18-8-11-20(25)12-9-18/h4,6-13,17H,2-3,5,14-16H2,1H3,(H,26,29). The SMILES string of the molecule is CC1CCCCN1c1ccc2cccc(OCC(=O)NCc3ccc(F)cc3)c2n1. The lowest BCUT2D eigenvalue weighted by Crippen LogP contribution is -2.37. The Hall–Kier alpha value is -3.15. The van der Waals surface area contributed by atoms with Gasteiger partial charge in [-0.2, -0.15) is 0 Å². The molecule has 156 valence electrons. The van der Waals surface area contributed by atoms with Crippen molar-refractivity contribution >= 4 is 22.6 Å². The van der Waals surface area contributed by atoms with E-state index in [1.165, 1.54) is 31.4 Å². The molecule has 1 aromatic heterocycles. The second-order valence-electron chi connectivity index (χ2n) is 7.73. The Balaban J connectivity index is 1.43. The number of benzene rings is 2. The van der Waals surface area contributed by atoms with E-state index in [0.717, 1.165) is 28.8 Å². The third-order valence-electron chi connectivity index (χ3n) is 5.53. The van der Waals surface area contributed by atoms with Crippen LogP contribution in [0.2, 0.25) is 0 Å². The maximum Gasteiger partial charge on any atom is 0.258 e. The van der Waals surface area contributed by atoms with Crippen molar-refractivity contribution in [3.8, 4) is 5.75 Å². The van der Waals surface area contributed by atoms with Gasteiger partial charge in [0, 0.05) is 24.5 Å². The van der Waals surface area contributed by atoms with Gasteiger partial charge in [0.05, 0.1) is 0 Å². The number of anilines is 1. The number of carbonyl (C=O) groups excluding carboxylic acids is 1. The summed E-state index contributed by atoms with van der Waals surface area (Å²) in [5.74, 6) is 1.01. The summed E-state index contributed by atoms with van der Waals surface area (Å²) in [5.41, 5.74) is 1.59. The molecular weight excluding hydrogens is 381 g/mol. The number of hydrogen-bond donors (Lipinski definition) is 1. The molecule has 30 heavy (non-hydrogen) atoms. The number of nitrogens with zero attached hydrogens (tertiary/aromatic N) is 2. The van der Waals surface area contributed by atoms with Gasteiger partial charge in [0.2, 0.25) is 0 Å². The van der Waals surface area contributed by atoms with E-state index >= 15 is 0 Å². The lowest BCUT2D eigenvalue weighted by atomic mass is 10.0.